The fraction of sp³-hybridized carbons (Fsp3) is 0.188. The maximum Gasteiger partial charge on any atom is 0.416 e. The van der Waals surface area contributed by atoms with Crippen LogP contribution in [0.2, 0.25) is 0 Å². The van der Waals surface area contributed by atoms with Gasteiger partial charge in [-0.05, 0) is 61.4 Å². The minimum absolute atomic E-state index is 0. The van der Waals surface area contributed by atoms with Gasteiger partial charge in [0.05, 0.1) is 11.1 Å². The highest BCUT2D eigenvalue weighted by Gasteiger charge is 2.30. The molecule has 3 N–H and O–H groups in total. The molecule has 0 saturated carbocycles. The van der Waals surface area contributed by atoms with Crippen LogP contribution in [0.1, 0.15) is 28.4 Å². The van der Waals surface area contributed by atoms with Gasteiger partial charge >= 0.3 is 18.2 Å². The van der Waals surface area contributed by atoms with Crippen LogP contribution in [0.25, 0.3) is 0 Å². The van der Waals surface area contributed by atoms with Gasteiger partial charge in [0.2, 0.25) is 0 Å². The minimum atomic E-state index is -4.34. The van der Waals surface area contributed by atoms with Crippen molar-refractivity contribution in [2.24, 2.45) is 0 Å². The van der Waals surface area contributed by atoms with Gasteiger partial charge in [0.1, 0.15) is 6.61 Å². The zero-order valence-corrected chi connectivity index (χ0v) is 23.8. The summed E-state index contributed by atoms with van der Waals surface area (Å²) >= 11 is 0. The molecule has 0 aliphatic rings. The predicted octanol–water partition coefficient (Wildman–Crippen LogP) is 7.84. The number of esters is 1. The third-order valence-electron chi connectivity index (χ3n) is 5.70. The van der Waals surface area contributed by atoms with Gasteiger partial charge in [-0.3, -0.25) is 0 Å². The van der Waals surface area contributed by atoms with Gasteiger partial charge in [-0.2, -0.15) is 13.2 Å². The van der Waals surface area contributed by atoms with Crippen molar-refractivity contribution in [2.75, 3.05) is 23.8 Å². The lowest BCUT2D eigenvalue weighted by atomic mass is 10.0. The minimum Gasteiger partial charge on any atom is -0.461 e. The SMILES string of the molecule is CC(Cc1cccc(C(F)(F)F)c1)NCCOC(=O)c1ccccc1.Cl.O=C(Nc1ccccc1)Nc1ccccc1. The number of halogens is 4. The largest absolute Gasteiger partial charge is 0.461 e. The third-order valence-corrected chi connectivity index (χ3v) is 5.70. The van der Waals surface area contributed by atoms with Crippen LogP contribution in [-0.2, 0) is 17.3 Å². The molecule has 42 heavy (non-hydrogen) atoms. The Morgan fingerprint density at radius 3 is 1.81 bits per heavy atom. The number of para-hydroxylation sites is 2. The van der Waals surface area contributed by atoms with Gasteiger partial charge in [0.15, 0.2) is 0 Å². The molecule has 0 fully saturated rings. The van der Waals surface area contributed by atoms with Crippen molar-refractivity contribution in [3.63, 3.8) is 0 Å². The molecule has 6 nitrogen and oxygen atoms in total. The van der Waals surface area contributed by atoms with Crippen LogP contribution < -0.4 is 16.0 Å². The molecule has 1 unspecified atom stereocenters. The first-order valence-electron chi connectivity index (χ1n) is 13.0. The molecule has 0 aromatic heterocycles. The van der Waals surface area contributed by atoms with Crippen LogP contribution in [0.5, 0.6) is 0 Å². The lowest BCUT2D eigenvalue weighted by Gasteiger charge is -2.15. The molecular formula is C32H33ClF3N3O3. The average Bonchev–Trinajstić information content (AvgIpc) is 2.97. The molecule has 4 rings (SSSR count). The van der Waals surface area contributed by atoms with E-state index in [1.54, 1.807) is 30.3 Å². The first kappa shape index (κ1) is 33.9. The molecular weight excluding hydrogens is 567 g/mol. The number of amides is 2. The van der Waals surface area contributed by atoms with Crippen molar-refractivity contribution in [1.29, 1.82) is 0 Å². The standard InChI is InChI=1S/C19H20F3NO2.C13H12N2O.ClH/c1-14(12-15-6-5-9-17(13-15)19(20,21)22)23-10-11-25-18(24)16-7-3-2-4-8-16;16-13(14-11-7-3-1-4-8-11)15-12-9-5-2-6-10-12;/h2-9,13-14,23H,10-12H2,1H3;1-10H,(H2,14,15,16);1H. The number of carbonyl (C=O) groups is 2. The van der Waals surface area contributed by atoms with Gasteiger partial charge < -0.3 is 20.7 Å². The van der Waals surface area contributed by atoms with E-state index in [1.807, 2.05) is 73.7 Å². The zero-order valence-electron chi connectivity index (χ0n) is 22.9. The highest BCUT2D eigenvalue weighted by atomic mass is 35.5. The summed E-state index contributed by atoms with van der Waals surface area (Å²) in [5, 5.41) is 8.62. The number of anilines is 2. The van der Waals surface area contributed by atoms with Gasteiger partial charge in [0.25, 0.3) is 0 Å². The number of alkyl halides is 3. The summed E-state index contributed by atoms with van der Waals surface area (Å²) in [5.74, 6) is -0.395. The topological polar surface area (TPSA) is 79.5 Å². The summed E-state index contributed by atoms with van der Waals surface area (Å²) in [7, 11) is 0. The Morgan fingerprint density at radius 2 is 1.29 bits per heavy atom. The molecule has 222 valence electrons. The van der Waals surface area contributed by atoms with E-state index in [9.17, 15) is 22.8 Å². The van der Waals surface area contributed by atoms with Crippen LogP contribution in [0.3, 0.4) is 0 Å². The van der Waals surface area contributed by atoms with E-state index in [-0.39, 0.29) is 31.1 Å². The van der Waals surface area contributed by atoms with E-state index in [2.05, 4.69) is 16.0 Å². The Labute approximate surface area is 249 Å². The van der Waals surface area contributed by atoms with E-state index in [1.165, 1.54) is 6.07 Å². The predicted molar refractivity (Wildman–Crippen MR) is 162 cm³/mol. The zero-order chi connectivity index (χ0) is 29.5. The summed E-state index contributed by atoms with van der Waals surface area (Å²) in [6.07, 6.45) is -3.88. The lowest BCUT2D eigenvalue weighted by molar-refractivity contribution is -0.137. The number of carbonyl (C=O) groups excluding carboxylic acids is 2. The summed E-state index contributed by atoms with van der Waals surface area (Å²) in [6, 6.07) is 32.3. The average molecular weight is 600 g/mol. The Bertz CT molecular complexity index is 1320. The van der Waals surface area contributed by atoms with Crippen LogP contribution >= 0.6 is 12.4 Å². The van der Waals surface area contributed by atoms with Crippen LogP contribution in [0, 0.1) is 0 Å². The molecule has 4 aromatic rings. The third kappa shape index (κ3) is 12.4. The van der Waals surface area contributed by atoms with Crippen molar-refractivity contribution < 1.29 is 27.5 Å². The van der Waals surface area contributed by atoms with Crippen molar-refractivity contribution in [2.45, 2.75) is 25.6 Å². The molecule has 10 heteroatoms. The summed E-state index contributed by atoms with van der Waals surface area (Å²) in [5.41, 5.74) is 2.00. The number of nitrogens with one attached hydrogen (secondary N) is 3. The highest BCUT2D eigenvalue weighted by Crippen LogP contribution is 2.29. The van der Waals surface area contributed by atoms with Gasteiger partial charge in [-0.15, -0.1) is 12.4 Å². The maximum atomic E-state index is 12.7. The highest BCUT2D eigenvalue weighted by molar-refractivity contribution is 5.99. The van der Waals surface area contributed by atoms with Crippen molar-refractivity contribution in [1.82, 2.24) is 5.32 Å². The molecule has 0 heterocycles. The molecule has 0 saturated heterocycles. The Morgan fingerprint density at radius 1 is 0.762 bits per heavy atom. The molecule has 0 bridgehead atoms. The second-order valence-corrected chi connectivity index (χ2v) is 9.07. The normalized spacial score (nSPS) is 11.1. The molecule has 0 aliphatic heterocycles. The number of hydrogen-bond donors (Lipinski definition) is 3. The first-order valence-corrected chi connectivity index (χ1v) is 13.0. The number of urea groups is 1. The second-order valence-electron chi connectivity index (χ2n) is 9.07. The summed E-state index contributed by atoms with van der Waals surface area (Å²) in [6.45, 7) is 2.50. The van der Waals surface area contributed by atoms with Crippen LogP contribution in [-0.4, -0.2) is 31.2 Å². The fourth-order valence-electron chi connectivity index (χ4n) is 3.74. The quantitative estimate of drug-likeness (QED) is 0.135. The van der Waals surface area contributed by atoms with Gasteiger partial charge in [-0.1, -0.05) is 72.8 Å². The van der Waals surface area contributed by atoms with Crippen LogP contribution in [0.4, 0.5) is 29.3 Å². The monoisotopic (exact) mass is 599 g/mol. The summed E-state index contributed by atoms with van der Waals surface area (Å²) in [4.78, 5) is 23.3. The second kappa shape index (κ2) is 17.5. The molecule has 0 radical (unpaired) electrons. The van der Waals surface area contributed by atoms with Gasteiger partial charge in [-0.25, -0.2) is 9.59 Å². The number of rotatable bonds is 9. The van der Waals surface area contributed by atoms with Crippen molar-refractivity contribution >= 4 is 35.8 Å². The molecule has 0 aliphatic carbocycles. The maximum absolute atomic E-state index is 12.7. The number of benzene rings is 4. The van der Waals surface area contributed by atoms with Gasteiger partial charge in [0, 0.05) is 24.0 Å². The first-order chi connectivity index (χ1) is 19.7. The molecule has 4 aromatic carbocycles. The fourth-order valence-corrected chi connectivity index (χ4v) is 3.74. The smallest absolute Gasteiger partial charge is 0.416 e. The van der Waals surface area contributed by atoms with Crippen molar-refractivity contribution in [3.05, 3.63) is 132 Å². The van der Waals surface area contributed by atoms with E-state index in [0.29, 0.717) is 24.1 Å². The van der Waals surface area contributed by atoms with E-state index in [4.69, 9.17) is 4.74 Å². The Balaban J connectivity index is 0.000000313. The van der Waals surface area contributed by atoms with Crippen molar-refractivity contribution in [3.8, 4) is 0 Å². The Hall–Kier alpha value is -4.34. The molecule has 2 amide bonds. The van der Waals surface area contributed by atoms with Crippen LogP contribution in [0.15, 0.2) is 115 Å². The van der Waals surface area contributed by atoms with E-state index >= 15 is 0 Å². The lowest BCUT2D eigenvalue weighted by Crippen LogP contribution is -2.31. The Kier molecular flexibility index (Phi) is 14.1. The molecule has 0 spiro atoms. The molecule has 1 atom stereocenters. The van der Waals surface area contributed by atoms with E-state index in [0.717, 1.165) is 23.5 Å². The number of ether oxygens (including phenoxy) is 1. The number of hydrogen-bond acceptors (Lipinski definition) is 4. The summed E-state index contributed by atoms with van der Waals surface area (Å²) < 4.78 is 43.3. The van der Waals surface area contributed by atoms with E-state index < -0.39 is 17.7 Å².